The third-order valence-corrected chi connectivity index (χ3v) is 2.40. The lowest BCUT2D eigenvalue weighted by Gasteiger charge is -1.99. The predicted molar refractivity (Wildman–Crippen MR) is 64.1 cm³/mol. The molecule has 0 amide bonds. The first-order valence-corrected chi connectivity index (χ1v) is 5.13. The summed E-state index contributed by atoms with van der Waals surface area (Å²) < 4.78 is 0. The maximum Gasteiger partial charge on any atom is -0.0227 e. The molecule has 0 fully saturated rings. The number of hydrogen-bond donors (Lipinski definition) is 0. The van der Waals surface area contributed by atoms with Gasteiger partial charge in [-0.1, -0.05) is 55.0 Å². The number of rotatable bonds is 3. The molecule has 0 nitrogen and oxygen atoms in total. The SMILES string of the molecule is CC/C(C)=C/C=C(\C)c1ccccc1. The zero-order chi connectivity index (χ0) is 10.4. The van der Waals surface area contributed by atoms with Gasteiger partial charge in [-0.3, -0.25) is 0 Å². The van der Waals surface area contributed by atoms with Crippen molar-refractivity contribution in [2.75, 3.05) is 0 Å². The van der Waals surface area contributed by atoms with E-state index in [1.165, 1.54) is 16.7 Å². The standard InChI is InChI=1S/C14H18/c1-4-12(2)10-11-13(3)14-8-6-5-7-9-14/h5-11H,4H2,1-3H3/b12-10+,13-11+. The molecule has 0 N–H and O–H groups in total. The Balaban J connectivity index is 2.81. The predicted octanol–water partition coefficient (Wildman–Crippen LogP) is 4.45. The van der Waals surface area contributed by atoms with E-state index in [-0.39, 0.29) is 0 Å². The molecule has 1 aromatic carbocycles. The van der Waals surface area contributed by atoms with Crippen LogP contribution in [0.25, 0.3) is 5.57 Å². The van der Waals surface area contributed by atoms with E-state index in [4.69, 9.17) is 0 Å². The minimum absolute atomic E-state index is 1.12. The van der Waals surface area contributed by atoms with Crippen LogP contribution in [0.3, 0.4) is 0 Å². The quantitative estimate of drug-likeness (QED) is 0.612. The molecule has 1 rings (SSSR count). The fourth-order valence-electron chi connectivity index (χ4n) is 1.18. The van der Waals surface area contributed by atoms with Gasteiger partial charge in [0.25, 0.3) is 0 Å². The van der Waals surface area contributed by atoms with Crippen molar-refractivity contribution in [3.05, 3.63) is 53.6 Å². The van der Waals surface area contributed by atoms with Crippen LogP contribution in [0.15, 0.2) is 48.1 Å². The normalized spacial score (nSPS) is 13.1. The summed E-state index contributed by atoms with van der Waals surface area (Å²) in [5.41, 5.74) is 4.03. The molecule has 1 aromatic rings. The van der Waals surface area contributed by atoms with Crippen molar-refractivity contribution in [3.8, 4) is 0 Å². The van der Waals surface area contributed by atoms with Gasteiger partial charge in [0.2, 0.25) is 0 Å². The lowest BCUT2D eigenvalue weighted by atomic mass is 10.1. The summed E-state index contributed by atoms with van der Waals surface area (Å²) in [7, 11) is 0. The van der Waals surface area contributed by atoms with Gasteiger partial charge in [-0.25, -0.2) is 0 Å². The second-order valence-corrected chi connectivity index (χ2v) is 3.58. The molecule has 14 heavy (non-hydrogen) atoms. The first-order chi connectivity index (χ1) is 6.74. The zero-order valence-electron chi connectivity index (χ0n) is 9.25. The van der Waals surface area contributed by atoms with Crippen molar-refractivity contribution < 1.29 is 0 Å². The summed E-state index contributed by atoms with van der Waals surface area (Å²) in [4.78, 5) is 0. The molecule has 0 aliphatic carbocycles. The molecular formula is C14H18. The van der Waals surface area contributed by atoms with Crippen LogP contribution in [-0.2, 0) is 0 Å². The van der Waals surface area contributed by atoms with Gasteiger partial charge in [-0.05, 0) is 31.4 Å². The fourth-order valence-corrected chi connectivity index (χ4v) is 1.18. The minimum atomic E-state index is 1.12. The molecule has 0 radical (unpaired) electrons. The molecule has 0 unspecified atom stereocenters. The molecule has 74 valence electrons. The summed E-state index contributed by atoms with van der Waals surface area (Å²) in [6, 6.07) is 10.5. The molecule has 0 atom stereocenters. The molecular weight excluding hydrogens is 168 g/mol. The minimum Gasteiger partial charge on any atom is -0.0736 e. The summed E-state index contributed by atoms with van der Waals surface area (Å²) in [5.74, 6) is 0. The van der Waals surface area contributed by atoms with Gasteiger partial charge in [-0.15, -0.1) is 0 Å². The fraction of sp³-hybridized carbons (Fsp3) is 0.286. The third-order valence-electron chi connectivity index (χ3n) is 2.40. The van der Waals surface area contributed by atoms with Crippen molar-refractivity contribution in [2.24, 2.45) is 0 Å². The van der Waals surface area contributed by atoms with Gasteiger partial charge in [0.15, 0.2) is 0 Å². The summed E-state index contributed by atoms with van der Waals surface area (Å²) in [6.07, 6.45) is 5.51. The average Bonchev–Trinajstić information content (AvgIpc) is 2.26. The van der Waals surface area contributed by atoms with E-state index in [2.05, 4.69) is 57.2 Å². The van der Waals surface area contributed by atoms with Crippen LogP contribution in [-0.4, -0.2) is 0 Å². The summed E-state index contributed by atoms with van der Waals surface area (Å²) >= 11 is 0. The van der Waals surface area contributed by atoms with E-state index >= 15 is 0 Å². The molecule has 0 spiro atoms. The van der Waals surface area contributed by atoms with Crippen molar-refractivity contribution in [2.45, 2.75) is 27.2 Å². The molecule has 0 bridgehead atoms. The summed E-state index contributed by atoms with van der Waals surface area (Å²) in [6.45, 7) is 6.49. The van der Waals surface area contributed by atoms with Crippen LogP contribution < -0.4 is 0 Å². The highest BCUT2D eigenvalue weighted by atomic mass is 14.0. The van der Waals surface area contributed by atoms with Crippen LogP contribution in [0.4, 0.5) is 0 Å². The highest BCUT2D eigenvalue weighted by Gasteiger charge is 1.91. The molecule has 0 saturated carbocycles. The zero-order valence-corrected chi connectivity index (χ0v) is 9.25. The molecule has 0 heteroatoms. The van der Waals surface area contributed by atoms with Crippen molar-refractivity contribution in [3.63, 3.8) is 0 Å². The Morgan fingerprint density at radius 2 is 1.71 bits per heavy atom. The Morgan fingerprint density at radius 1 is 1.07 bits per heavy atom. The van der Waals surface area contributed by atoms with E-state index in [1.807, 2.05) is 6.07 Å². The van der Waals surface area contributed by atoms with Crippen molar-refractivity contribution in [1.29, 1.82) is 0 Å². The Hall–Kier alpha value is -1.30. The number of allylic oxidation sites excluding steroid dienone is 4. The molecule has 0 saturated heterocycles. The van der Waals surface area contributed by atoms with Crippen LogP contribution in [0, 0.1) is 0 Å². The topological polar surface area (TPSA) is 0 Å². The second kappa shape index (κ2) is 5.43. The number of benzene rings is 1. The maximum atomic E-state index is 2.20. The Bertz CT molecular complexity index is 328. The van der Waals surface area contributed by atoms with Crippen molar-refractivity contribution in [1.82, 2.24) is 0 Å². The molecule has 0 aliphatic rings. The van der Waals surface area contributed by atoms with Gasteiger partial charge in [0, 0.05) is 0 Å². The van der Waals surface area contributed by atoms with E-state index in [0.717, 1.165) is 6.42 Å². The molecule has 0 aromatic heterocycles. The first kappa shape index (κ1) is 10.8. The van der Waals surface area contributed by atoms with Gasteiger partial charge in [0.1, 0.15) is 0 Å². The van der Waals surface area contributed by atoms with E-state index in [0.29, 0.717) is 0 Å². The monoisotopic (exact) mass is 186 g/mol. The van der Waals surface area contributed by atoms with E-state index < -0.39 is 0 Å². The van der Waals surface area contributed by atoms with Crippen LogP contribution >= 0.6 is 0 Å². The maximum absolute atomic E-state index is 2.20. The highest BCUT2D eigenvalue weighted by Crippen LogP contribution is 2.13. The van der Waals surface area contributed by atoms with Crippen LogP contribution in [0.2, 0.25) is 0 Å². The largest absolute Gasteiger partial charge is 0.0736 e. The average molecular weight is 186 g/mol. The third kappa shape index (κ3) is 3.21. The van der Waals surface area contributed by atoms with Gasteiger partial charge < -0.3 is 0 Å². The second-order valence-electron chi connectivity index (χ2n) is 3.58. The van der Waals surface area contributed by atoms with E-state index in [1.54, 1.807) is 0 Å². The van der Waals surface area contributed by atoms with Crippen LogP contribution in [0.5, 0.6) is 0 Å². The smallest absolute Gasteiger partial charge is 0.0227 e. The molecule has 0 heterocycles. The summed E-state index contributed by atoms with van der Waals surface area (Å²) in [5, 5.41) is 0. The highest BCUT2D eigenvalue weighted by molar-refractivity contribution is 5.65. The van der Waals surface area contributed by atoms with Crippen molar-refractivity contribution >= 4 is 5.57 Å². The van der Waals surface area contributed by atoms with Gasteiger partial charge in [0.05, 0.1) is 0 Å². The Morgan fingerprint density at radius 3 is 2.29 bits per heavy atom. The van der Waals surface area contributed by atoms with Gasteiger partial charge in [-0.2, -0.15) is 0 Å². The van der Waals surface area contributed by atoms with E-state index in [9.17, 15) is 0 Å². The van der Waals surface area contributed by atoms with Crippen LogP contribution in [0.1, 0.15) is 32.8 Å². The molecule has 0 aliphatic heterocycles. The van der Waals surface area contributed by atoms with Gasteiger partial charge >= 0.3 is 0 Å². The first-order valence-electron chi connectivity index (χ1n) is 5.13. The Kier molecular flexibility index (Phi) is 4.18. The lowest BCUT2D eigenvalue weighted by molar-refractivity contribution is 1.10. The Labute approximate surface area is 87.0 Å². The number of hydrogen-bond acceptors (Lipinski definition) is 0. The lowest BCUT2D eigenvalue weighted by Crippen LogP contribution is -1.77.